The van der Waals surface area contributed by atoms with Gasteiger partial charge in [0.25, 0.3) is 0 Å². The standard InChI is InChI=1S/C22H23N5O3/c1-4-30-15-11-9-14(10-12-15)19-18(20(23)28)13(2)24-22-25-21(26-27(19)22)16-7-5-6-8-17(16)29-3/h5-12,19H,4H2,1-3H3,(H2,23,28)(H,24,25,26)/t19-/m1/s1. The summed E-state index contributed by atoms with van der Waals surface area (Å²) in [5.41, 5.74) is 8.43. The van der Waals surface area contributed by atoms with E-state index >= 15 is 0 Å². The Morgan fingerprint density at radius 2 is 1.93 bits per heavy atom. The molecule has 1 aromatic heterocycles. The van der Waals surface area contributed by atoms with Crippen molar-refractivity contribution in [3.8, 4) is 22.9 Å². The molecular formula is C22H23N5O3. The van der Waals surface area contributed by atoms with E-state index in [0.29, 0.717) is 35.4 Å². The molecule has 4 rings (SSSR count). The van der Waals surface area contributed by atoms with Crippen LogP contribution in [0.4, 0.5) is 5.95 Å². The number of ether oxygens (including phenoxy) is 2. The number of nitrogens with zero attached hydrogens (tertiary/aromatic N) is 3. The van der Waals surface area contributed by atoms with Crippen LogP contribution in [0.25, 0.3) is 11.4 Å². The van der Waals surface area contributed by atoms with Crippen LogP contribution in [-0.2, 0) is 4.79 Å². The van der Waals surface area contributed by atoms with Gasteiger partial charge >= 0.3 is 0 Å². The maximum atomic E-state index is 12.3. The fourth-order valence-electron chi connectivity index (χ4n) is 3.63. The zero-order valence-electron chi connectivity index (χ0n) is 17.0. The van der Waals surface area contributed by atoms with Gasteiger partial charge in [-0.3, -0.25) is 4.79 Å². The molecule has 0 saturated carbocycles. The second kappa shape index (κ2) is 7.90. The van der Waals surface area contributed by atoms with E-state index in [0.717, 1.165) is 16.9 Å². The fourth-order valence-corrected chi connectivity index (χ4v) is 3.63. The van der Waals surface area contributed by atoms with Gasteiger partial charge in [-0.25, -0.2) is 4.68 Å². The minimum atomic E-state index is -0.515. The highest BCUT2D eigenvalue weighted by Gasteiger charge is 2.33. The summed E-state index contributed by atoms with van der Waals surface area (Å²) in [5, 5.41) is 7.86. The number of aromatic nitrogens is 3. The molecule has 1 atom stereocenters. The molecule has 0 unspecified atom stereocenters. The number of para-hydroxylation sites is 1. The second-order valence-electron chi connectivity index (χ2n) is 6.84. The molecule has 2 aromatic carbocycles. The van der Waals surface area contributed by atoms with Crippen LogP contribution in [0.2, 0.25) is 0 Å². The molecule has 0 fully saturated rings. The average Bonchev–Trinajstić information content (AvgIpc) is 3.16. The van der Waals surface area contributed by atoms with Gasteiger partial charge in [0.2, 0.25) is 11.9 Å². The Morgan fingerprint density at radius 3 is 2.60 bits per heavy atom. The number of nitrogens with one attached hydrogen (secondary N) is 1. The number of amides is 1. The largest absolute Gasteiger partial charge is 0.496 e. The summed E-state index contributed by atoms with van der Waals surface area (Å²) in [7, 11) is 1.60. The highest BCUT2D eigenvalue weighted by Crippen LogP contribution is 2.37. The van der Waals surface area contributed by atoms with Crippen LogP contribution < -0.4 is 20.5 Å². The third kappa shape index (κ3) is 3.36. The first-order chi connectivity index (χ1) is 14.5. The van der Waals surface area contributed by atoms with Gasteiger partial charge in [-0.2, -0.15) is 4.98 Å². The van der Waals surface area contributed by atoms with E-state index in [1.54, 1.807) is 11.8 Å². The molecule has 154 valence electrons. The number of carbonyl (C=O) groups excluding carboxylic acids is 1. The molecular weight excluding hydrogens is 382 g/mol. The van der Waals surface area contributed by atoms with Gasteiger partial charge in [-0.15, -0.1) is 5.10 Å². The average molecular weight is 405 g/mol. The SMILES string of the molecule is CCOc1ccc([C@@H]2C(C(N)=O)=C(C)Nc3nc(-c4ccccc4OC)nn32)cc1. The van der Waals surface area contributed by atoms with E-state index in [2.05, 4.69) is 10.3 Å². The highest BCUT2D eigenvalue weighted by molar-refractivity contribution is 5.95. The van der Waals surface area contributed by atoms with E-state index < -0.39 is 11.9 Å². The number of fused-ring (bicyclic) bond motifs is 1. The Morgan fingerprint density at radius 1 is 1.20 bits per heavy atom. The van der Waals surface area contributed by atoms with Gasteiger partial charge in [-0.1, -0.05) is 24.3 Å². The summed E-state index contributed by atoms with van der Waals surface area (Å²) in [4.78, 5) is 17.0. The van der Waals surface area contributed by atoms with Crippen molar-refractivity contribution in [3.05, 3.63) is 65.4 Å². The maximum absolute atomic E-state index is 12.3. The zero-order valence-corrected chi connectivity index (χ0v) is 17.0. The van der Waals surface area contributed by atoms with Crippen LogP contribution in [-0.4, -0.2) is 34.4 Å². The zero-order chi connectivity index (χ0) is 21.3. The number of benzene rings is 2. The lowest BCUT2D eigenvalue weighted by atomic mass is 9.95. The van der Waals surface area contributed by atoms with Crippen molar-refractivity contribution in [2.75, 3.05) is 19.0 Å². The van der Waals surface area contributed by atoms with Crippen LogP contribution in [0, 0.1) is 0 Å². The lowest BCUT2D eigenvalue weighted by molar-refractivity contribution is -0.115. The number of carbonyl (C=O) groups is 1. The van der Waals surface area contributed by atoms with Gasteiger partial charge in [0, 0.05) is 5.70 Å². The van der Waals surface area contributed by atoms with Crippen molar-refractivity contribution in [3.63, 3.8) is 0 Å². The van der Waals surface area contributed by atoms with Gasteiger partial charge in [0.15, 0.2) is 5.82 Å². The Balaban J connectivity index is 1.84. The lowest BCUT2D eigenvalue weighted by Gasteiger charge is -2.27. The van der Waals surface area contributed by atoms with Crippen molar-refractivity contribution < 1.29 is 14.3 Å². The van der Waals surface area contributed by atoms with Crippen molar-refractivity contribution in [1.82, 2.24) is 14.8 Å². The fraction of sp³-hybridized carbons (Fsp3) is 0.227. The summed E-state index contributed by atoms with van der Waals surface area (Å²) in [6, 6.07) is 14.6. The maximum Gasteiger partial charge on any atom is 0.248 e. The lowest BCUT2D eigenvalue weighted by Crippen LogP contribution is -2.31. The summed E-state index contributed by atoms with van der Waals surface area (Å²) in [6.45, 7) is 4.31. The Hall–Kier alpha value is -3.81. The molecule has 0 saturated heterocycles. The molecule has 0 radical (unpaired) electrons. The minimum Gasteiger partial charge on any atom is -0.496 e. The molecule has 0 spiro atoms. The van der Waals surface area contributed by atoms with Gasteiger partial charge in [-0.05, 0) is 43.7 Å². The van der Waals surface area contributed by atoms with E-state index in [1.165, 1.54) is 0 Å². The summed E-state index contributed by atoms with van der Waals surface area (Å²) in [6.07, 6.45) is 0. The predicted octanol–water partition coefficient (Wildman–Crippen LogP) is 3.13. The number of allylic oxidation sites excluding steroid dienone is 1. The molecule has 1 aliphatic rings. The second-order valence-corrected chi connectivity index (χ2v) is 6.84. The van der Waals surface area contributed by atoms with Crippen LogP contribution >= 0.6 is 0 Å². The number of nitrogens with two attached hydrogens (primary N) is 1. The van der Waals surface area contributed by atoms with E-state index in [1.807, 2.05) is 62.4 Å². The van der Waals surface area contributed by atoms with E-state index in [9.17, 15) is 4.79 Å². The minimum absolute atomic E-state index is 0.433. The highest BCUT2D eigenvalue weighted by atomic mass is 16.5. The molecule has 8 heteroatoms. The predicted molar refractivity (Wildman–Crippen MR) is 113 cm³/mol. The van der Waals surface area contributed by atoms with Crippen molar-refractivity contribution >= 4 is 11.9 Å². The van der Waals surface area contributed by atoms with Crippen molar-refractivity contribution in [2.45, 2.75) is 19.9 Å². The summed E-state index contributed by atoms with van der Waals surface area (Å²) >= 11 is 0. The Kier molecular flexibility index (Phi) is 5.14. The molecule has 1 aliphatic heterocycles. The number of hydrogen-bond acceptors (Lipinski definition) is 6. The molecule has 3 N–H and O–H groups in total. The van der Waals surface area contributed by atoms with Gasteiger partial charge in [0.05, 0.1) is 24.9 Å². The summed E-state index contributed by atoms with van der Waals surface area (Å²) in [5.74, 6) is 1.92. The number of methoxy groups -OCH3 is 1. The molecule has 0 bridgehead atoms. The number of hydrogen-bond donors (Lipinski definition) is 2. The quantitative estimate of drug-likeness (QED) is 0.653. The first kappa shape index (κ1) is 19.5. The topological polar surface area (TPSA) is 104 Å². The third-order valence-corrected chi connectivity index (χ3v) is 4.97. The third-order valence-electron chi connectivity index (χ3n) is 4.97. The van der Waals surface area contributed by atoms with Crippen LogP contribution in [0.5, 0.6) is 11.5 Å². The first-order valence-corrected chi connectivity index (χ1v) is 9.63. The van der Waals surface area contributed by atoms with Gasteiger partial charge < -0.3 is 20.5 Å². The molecule has 2 heterocycles. The van der Waals surface area contributed by atoms with Gasteiger partial charge in [0.1, 0.15) is 17.5 Å². The molecule has 30 heavy (non-hydrogen) atoms. The van der Waals surface area contributed by atoms with Crippen molar-refractivity contribution in [2.24, 2.45) is 5.73 Å². The van der Waals surface area contributed by atoms with E-state index in [4.69, 9.17) is 20.3 Å². The molecule has 3 aromatic rings. The monoisotopic (exact) mass is 405 g/mol. The number of rotatable bonds is 6. The molecule has 0 aliphatic carbocycles. The summed E-state index contributed by atoms with van der Waals surface area (Å²) < 4.78 is 12.7. The van der Waals surface area contributed by atoms with Crippen molar-refractivity contribution in [1.29, 1.82) is 0 Å². The van der Waals surface area contributed by atoms with E-state index in [-0.39, 0.29) is 0 Å². The Bertz CT molecular complexity index is 1120. The number of anilines is 1. The Labute approximate surface area is 174 Å². The normalized spacial score (nSPS) is 15.4. The van der Waals surface area contributed by atoms with Crippen LogP contribution in [0.3, 0.4) is 0 Å². The van der Waals surface area contributed by atoms with Crippen LogP contribution in [0.15, 0.2) is 59.8 Å². The smallest absolute Gasteiger partial charge is 0.248 e. The van der Waals surface area contributed by atoms with Crippen LogP contribution in [0.1, 0.15) is 25.5 Å². The molecule has 1 amide bonds. The number of primary amides is 1. The first-order valence-electron chi connectivity index (χ1n) is 9.63. The molecule has 8 nitrogen and oxygen atoms in total.